The van der Waals surface area contributed by atoms with Gasteiger partial charge in [-0.05, 0) is 36.8 Å². The normalized spacial score (nSPS) is 13.2. The summed E-state index contributed by atoms with van der Waals surface area (Å²) in [5, 5.41) is 0.846. The Morgan fingerprint density at radius 2 is 1.78 bits per heavy atom. The molecule has 1 aromatic carbocycles. The van der Waals surface area contributed by atoms with E-state index in [9.17, 15) is 9.59 Å². The highest BCUT2D eigenvalue weighted by Crippen LogP contribution is 2.29. The van der Waals surface area contributed by atoms with Gasteiger partial charge in [0.25, 0.3) is 5.56 Å². The molecule has 1 aliphatic rings. The van der Waals surface area contributed by atoms with Crippen molar-refractivity contribution in [3.05, 3.63) is 91.8 Å². The second-order valence-electron chi connectivity index (χ2n) is 6.71. The maximum Gasteiger partial charge on any atom is 0.268 e. The summed E-state index contributed by atoms with van der Waals surface area (Å²) in [6.45, 7) is 1.98. The van der Waals surface area contributed by atoms with Crippen molar-refractivity contribution in [1.82, 2.24) is 9.13 Å². The fourth-order valence-electron chi connectivity index (χ4n) is 3.64. The van der Waals surface area contributed by atoms with Gasteiger partial charge in [0.2, 0.25) is 5.43 Å². The largest absolute Gasteiger partial charge is 0.335 e. The molecule has 3 aromatic heterocycles. The molecule has 3 heterocycles. The fraction of sp³-hybridized carbons (Fsp3) is 0.0909. The van der Waals surface area contributed by atoms with Crippen molar-refractivity contribution in [3.63, 3.8) is 0 Å². The van der Waals surface area contributed by atoms with Crippen molar-refractivity contribution < 1.29 is 0 Å². The molecule has 1 aliphatic carbocycles. The molecule has 5 rings (SSSR count). The van der Waals surface area contributed by atoms with Gasteiger partial charge >= 0.3 is 0 Å². The van der Waals surface area contributed by atoms with Crippen LogP contribution in [0.3, 0.4) is 0 Å². The van der Waals surface area contributed by atoms with Gasteiger partial charge in [-0.15, -0.1) is 11.3 Å². The summed E-state index contributed by atoms with van der Waals surface area (Å²) >= 11 is 1.57. The predicted molar refractivity (Wildman–Crippen MR) is 112 cm³/mol. The molecule has 0 atom stereocenters. The Labute approximate surface area is 158 Å². The first-order chi connectivity index (χ1) is 13.1. The Morgan fingerprint density at radius 1 is 1.04 bits per heavy atom. The van der Waals surface area contributed by atoms with E-state index in [1.54, 1.807) is 15.9 Å². The molecule has 27 heavy (non-hydrogen) atoms. The fourth-order valence-corrected chi connectivity index (χ4v) is 4.62. The lowest BCUT2D eigenvalue weighted by molar-refractivity contribution is 0.959. The number of benzene rings is 1. The van der Waals surface area contributed by atoms with E-state index in [0.717, 1.165) is 26.7 Å². The van der Waals surface area contributed by atoms with E-state index in [-0.39, 0.29) is 16.4 Å². The monoisotopic (exact) mass is 372 g/mol. The van der Waals surface area contributed by atoms with Crippen LogP contribution in [0.2, 0.25) is 0 Å². The van der Waals surface area contributed by atoms with Crippen LogP contribution in [0.15, 0.2) is 70.3 Å². The molecule has 4 nitrogen and oxygen atoms in total. The minimum absolute atomic E-state index is 0.193. The highest BCUT2D eigenvalue weighted by atomic mass is 32.1. The predicted octanol–water partition coefficient (Wildman–Crippen LogP) is 4.17. The third-order valence-electron chi connectivity index (χ3n) is 5.02. The highest BCUT2D eigenvalue weighted by molar-refractivity contribution is 7.18. The van der Waals surface area contributed by atoms with Gasteiger partial charge in [-0.3, -0.25) is 14.2 Å². The average molecular weight is 372 g/mol. The van der Waals surface area contributed by atoms with Crippen LogP contribution in [0.4, 0.5) is 0 Å². The second kappa shape index (κ2) is 5.66. The van der Waals surface area contributed by atoms with Crippen LogP contribution in [0.1, 0.15) is 10.6 Å². The number of hydrogen-bond acceptors (Lipinski definition) is 3. The van der Waals surface area contributed by atoms with Crippen molar-refractivity contribution in [2.75, 3.05) is 0 Å². The maximum absolute atomic E-state index is 13.5. The van der Waals surface area contributed by atoms with E-state index < -0.39 is 0 Å². The number of allylic oxidation sites excluding steroid dienone is 4. The first-order valence-corrected chi connectivity index (χ1v) is 9.51. The SMILES string of the molecule is Cc1cc2c(=O)c3c(=O)n(-c4ccccc4)c(C4=CC=C4)cc3n(C)c2s1. The molecule has 0 amide bonds. The molecule has 0 N–H and O–H groups in total. The zero-order chi connectivity index (χ0) is 18.7. The van der Waals surface area contributed by atoms with Crippen molar-refractivity contribution >= 4 is 38.0 Å². The van der Waals surface area contributed by atoms with E-state index in [1.165, 1.54) is 0 Å². The van der Waals surface area contributed by atoms with Gasteiger partial charge in [0.05, 0.1) is 16.6 Å². The van der Waals surface area contributed by atoms with Crippen LogP contribution in [0, 0.1) is 6.92 Å². The van der Waals surface area contributed by atoms with E-state index in [0.29, 0.717) is 10.9 Å². The van der Waals surface area contributed by atoms with E-state index in [4.69, 9.17) is 0 Å². The van der Waals surface area contributed by atoms with Crippen LogP contribution in [-0.2, 0) is 7.05 Å². The Kier molecular flexibility index (Phi) is 3.36. The van der Waals surface area contributed by atoms with Crippen molar-refractivity contribution in [1.29, 1.82) is 0 Å². The van der Waals surface area contributed by atoms with E-state index >= 15 is 0 Å². The molecular formula is C22H16N2O2S. The summed E-state index contributed by atoms with van der Waals surface area (Å²) in [5.74, 6) is 0. The molecule has 4 aromatic rings. The van der Waals surface area contributed by atoms with Crippen LogP contribution in [0.25, 0.3) is 32.4 Å². The number of rotatable bonds is 2. The molecular weight excluding hydrogens is 356 g/mol. The Hall–Kier alpha value is -3.18. The third kappa shape index (κ3) is 2.22. The average Bonchev–Trinajstić information content (AvgIpc) is 3.01. The second-order valence-corrected chi connectivity index (χ2v) is 7.95. The summed E-state index contributed by atoms with van der Waals surface area (Å²) in [7, 11) is 1.92. The summed E-state index contributed by atoms with van der Waals surface area (Å²) in [5.41, 5.74) is 2.73. The maximum atomic E-state index is 13.5. The number of aryl methyl sites for hydroxylation is 2. The van der Waals surface area contributed by atoms with Gasteiger partial charge < -0.3 is 4.57 Å². The van der Waals surface area contributed by atoms with Gasteiger partial charge in [-0.1, -0.05) is 36.4 Å². The standard InChI is InChI=1S/C22H16N2O2S/c1-13-11-16-20(25)19-18(23(2)22(16)27-13)12-17(14-7-6-8-14)24(21(19)26)15-9-4-3-5-10-15/h3-12H,1-2H3. The number of fused-ring (bicyclic) bond motifs is 2. The molecule has 0 aliphatic heterocycles. The first kappa shape index (κ1) is 16.0. The molecule has 0 spiro atoms. The summed E-state index contributed by atoms with van der Waals surface area (Å²) in [4.78, 5) is 28.6. The smallest absolute Gasteiger partial charge is 0.268 e. The summed E-state index contributed by atoms with van der Waals surface area (Å²) < 4.78 is 3.61. The molecule has 0 saturated heterocycles. The van der Waals surface area contributed by atoms with Crippen LogP contribution in [0.5, 0.6) is 0 Å². The zero-order valence-corrected chi connectivity index (χ0v) is 15.7. The van der Waals surface area contributed by atoms with Crippen molar-refractivity contribution in [2.45, 2.75) is 6.92 Å². The molecule has 5 heteroatoms. The Bertz CT molecular complexity index is 1420. The number of pyridine rings is 2. The number of nitrogens with zero attached hydrogens (tertiary/aromatic N) is 2. The van der Waals surface area contributed by atoms with Crippen molar-refractivity contribution in [3.8, 4) is 5.69 Å². The molecule has 0 radical (unpaired) electrons. The van der Waals surface area contributed by atoms with Crippen molar-refractivity contribution in [2.24, 2.45) is 7.05 Å². The van der Waals surface area contributed by atoms with Gasteiger partial charge in [-0.25, -0.2) is 0 Å². The molecule has 0 unspecified atom stereocenters. The number of thiophene rings is 1. The van der Waals surface area contributed by atoms with Gasteiger partial charge in [-0.2, -0.15) is 0 Å². The minimum Gasteiger partial charge on any atom is -0.335 e. The van der Waals surface area contributed by atoms with Crippen LogP contribution >= 0.6 is 11.3 Å². The Morgan fingerprint density at radius 3 is 2.44 bits per heavy atom. The number of hydrogen-bond donors (Lipinski definition) is 0. The highest BCUT2D eigenvalue weighted by Gasteiger charge is 2.20. The van der Waals surface area contributed by atoms with Crippen LogP contribution in [-0.4, -0.2) is 9.13 Å². The lowest BCUT2D eigenvalue weighted by Gasteiger charge is -2.18. The quantitative estimate of drug-likeness (QED) is 0.530. The summed E-state index contributed by atoms with van der Waals surface area (Å²) in [6, 6.07) is 13.3. The van der Waals surface area contributed by atoms with E-state index in [2.05, 4.69) is 0 Å². The molecule has 0 saturated carbocycles. The van der Waals surface area contributed by atoms with Gasteiger partial charge in [0.15, 0.2) is 0 Å². The lowest BCUT2D eigenvalue weighted by Crippen LogP contribution is -2.27. The van der Waals surface area contributed by atoms with E-state index in [1.807, 2.05) is 79.2 Å². The molecule has 132 valence electrons. The minimum atomic E-state index is -0.277. The first-order valence-electron chi connectivity index (χ1n) is 8.69. The lowest BCUT2D eigenvalue weighted by atomic mass is 10.0. The molecule has 0 bridgehead atoms. The zero-order valence-electron chi connectivity index (χ0n) is 14.9. The number of aromatic nitrogens is 2. The third-order valence-corrected chi connectivity index (χ3v) is 6.15. The van der Waals surface area contributed by atoms with Crippen LogP contribution < -0.4 is 11.0 Å². The Balaban J connectivity index is 2.02. The summed E-state index contributed by atoms with van der Waals surface area (Å²) in [6.07, 6.45) is 5.90. The molecule has 0 fully saturated rings. The van der Waals surface area contributed by atoms with Gasteiger partial charge in [0.1, 0.15) is 10.2 Å². The topological polar surface area (TPSA) is 44.0 Å². The van der Waals surface area contributed by atoms with Gasteiger partial charge in [0, 0.05) is 17.6 Å². The number of para-hydroxylation sites is 1.